The van der Waals surface area contributed by atoms with Gasteiger partial charge in [-0.25, -0.2) is 23.1 Å². The summed E-state index contributed by atoms with van der Waals surface area (Å²) in [7, 11) is 0. The quantitative estimate of drug-likeness (QED) is 0.0611. The van der Waals surface area contributed by atoms with Gasteiger partial charge in [0.15, 0.2) is 0 Å². The van der Waals surface area contributed by atoms with Gasteiger partial charge in [0.1, 0.15) is 0 Å². The number of aromatic nitrogens is 6. The van der Waals surface area contributed by atoms with Crippen molar-refractivity contribution in [1.29, 1.82) is 0 Å². The summed E-state index contributed by atoms with van der Waals surface area (Å²) in [5.41, 5.74) is 6.28. The summed E-state index contributed by atoms with van der Waals surface area (Å²) >= 11 is 23.4. The van der Waals surface area contributed by atoms with Gasteiger partial charge in [0, 0.05) is 172 Å². The lowest BCUT2D eigenvalue weighted by Crippen LogP contribution is -2.49. The molecule has 0 spiro atoms. The third kappa shape index (κ3) is 17.8. The fourth-order valence-corrected chi connectivity index (χ4v) is 13.2. The number of halogens is 3. The van der Waals surface area contributed by atoms with Crippen molar-refractivity contribution in [2.24, 2.45) is 0 Å². The minimum Gasteiger partial charge on any atom is -0.345 e. The van der Waals surface area contributed by atoms with Gasteiger partial charge >= 0.3 is 0 Å². The van der Waals surface area contributed by atoms with E-state index in [1.807, 2.05) is 42.5 Å². The average molecular weight is 1240 g/mol. The molecule has 1 saturated heterocycles. The Hall–Kier alpha value is -6.00. The van der Waals surface area contributed by atoms with E-state index in [1.54, 1.807) is 47.7 Å². The molecule has 0 atom stereocenters. The number of benzene rings is 5. The van der Waals surface area contributed by atoms with Crippen molar-refractivity contribution >= 4 is 120 Å². The lowest BCUT2D eigenvalue weighted by Gasteiger charge is -2.36. The molecule has 0 N–H and O–H groups in total. The van der Waals surface area contributed by atoms with Crippen molar-refractivity contribution in [3.8, 4) is 0 Å². The second-order valence-corrected chi connectivity index (χ2v) is 26.6. The fourth-order valence-electron chi connectivity index (χ4n) is 9.82. The average Bonchev–Trinajstić information content (AvgIpc) is 3.03. The molecule has 440 valence electrons. The smallest absolute Gasteiger partial charge is 0.225 e. The molecule has 1 aliphatic heterocycles. The molecule has 84 heavy (non-hydrogen) atoms. The Morgan fingerprint density at radius 2 is 0.940 bits per heavy atom. The summed E-state index contributed by atoms with van der Waals surface area (Å²) in [4.78, 5) is 25.1. The van der Waals surface area contributed by atoms with Crippen molar-refractivity contribution in [2.75, 3.05) is 55.7 Å². The van der Waals surface area contributed by atoms with Crippen LogP contribution in [0.5, 0.6) is 0 Å². The molecule has 0 radical (unpaired) electrons. The number of thioether (sulfide) groups is 2. The van der Waals surface area contributed by atoms with Crippen LogP contribution in [0.15, 0.2) is 172 Å². The molecule has 16 heteroatoms. The number of aryl methyl sites for hydroxylation is 1. The number of nitrogens with zero attached hydrogens (tertiary/aromatic N) is 10. The Morgan fingerprint density at radius 1 is 0.488 bits per heavy atom. The summed E-state index contributed by atoms with van der Waals surface area (Å²) in [5.74, 6) is 2.56. The van der Waals surface area contributed by atoms with E-state index in [0.717, 1.165) is 58.7 Å². The van der Waals surface area contributed by atoms with E-state index in [9.17, 15) is 0 Å². The second-order valence-electron chi connectivity index (χ2n) is 21.9. The zero-order chi connectivity index (χ0) is 60.5. The van der Waals surface area contributed by atoms with Crippen LogP contribution in [0.25, 0.3) is 53.3 Å². The Bertz CT molecular complexity index is 3660. The number of rotatable bonds is 14. The molecular formula is C68H79Cl3N10S3. The van der Waals surface area contributed by atoms with Gasteiger partial charge in [-0.3, -0.25) is 4.90 Å². The van der Waals surface area contributed by atoms with Crippen LogP contribution in [0.4, 0.5) is 5.95 Å². The Kier molecular flexibility index (Phi) is 24.9. The molecule has 0 saturated carbocycles. The molecule has 5 aromatic carbocycles. The first-order valence-electron chi connectivity index (χ1n) is 28.8. The largest absolute Gasteiger partial charge is 0.345 e. The van der Waals surface area contributed by atoms with Gasteiger partial charge in [0.2, 0.25) is 19.0 Å². The molecule has 10 nitrogen and oxygen atoms in total. The summed E-state index contributed by atoms with van der Waals surface area (Å²) in [6.45, 7) is 43.2. The number of piperazine rings is 1. The van der Waals surface area contributed by atoms with Gasteiger partial charge < -0.3 is 32.9 Å². The van der Waals surface area contributed by atoms with Crippen LogP contribution in [-0.4, -0.2) is 90.0 Å². The van der Waals surface area contributed by atoms with Crippen molar-refractivity contribution in [1.82, 2.24) is 33.1 Å². The number of anilines is 1. The van der Waals surface area contributed by atoms with Crippen LogP contribution in [0, 0.1) is 20.1 Å². The maximum Gasteiger partial charge on any atom is 0.225 e. The van der Waals surface area contributed by atoms with Crippen LogP contribution in [-0.2, 0) is 0 Å². The first kappa shape index (κ1) is 65.5. The molecule has 0 bridgehead atoms. The van der Waals surface area contributed by atoms with Crippen molar-refractivity contribution in [3.63, 3.8) is 0 Å². The maximum absolute atomic E-state index is 6.85. The van der Waals surface area contributed by atoms with Gasteiger partial charge in [-0.2, -0.15) is 0 Å². The summed E-state index contributed by atoms with van der Waals surface area (Å²) in [5, 5.41) is 7.28. The van der Waals surface area contributed by atoms with E-state index in [0.29, 0.717) is 43.3 Å². The predicted molar refractivity (Wildman–Crippen MR) is 365 cm³/mol. The third-order valence-electron chi connectivity index (χ3n) is 14.1. The lowest BCUT2D eigenvalue weighted by molar-refractivity contribution is 0.208. The van der Waals surface area contributed by atoms with E-state index in [4.69, 9.17) is 47.9 Å². The van der Waals surface area contributed by atoms with E-state index < -0.39 is 0 Å². The Morgan fingerprint density at radius 3 is 1.43 bits per heavy atom. The summed E-state index contributed by atoms with van der Waals surface area (Å²) < 4.78 is 9.11. The SMILES string of the molecule is CC(C)N1CCN(c2ncccn2)CC1.CC(C)n1cc(Sc2ccccc2)c2cc(Cl)ccc21.CC(C)n1ccc2cc(Cl)ccc21.[C-]#[N+]CCSc1cn(C(C)C)c2ccc(C)cc12.[C-]#[N+]CCSc1cn(C(C)C)c2ccc(Cl)cc12. The molecule has 0 unspecified atom stereocenters. The molecular weight excluding hydrogens is 1160 g/mol. The van der Waals surface area contributed by atoms with E-state index in [-0.39, 0.29) is 0 Å². The topological polar surface area (TPSA) is 60.7 Å². The van der Waals surface area contributed by atoms with E-state index in [2.05, 4.69) is 221 Å². The highest BCUT2D eigenvalue weighted by molar-refractivity contribution is 8.00. The number of fused-ring (bicyclic) bond motifs is 4. The Labute approximate surface area is 526 Å². The zero-order valence-electron chi connectivity index (χ0n) is 50.3. The van der Waals surface area contributed by atoms with Crippen LogP contribution >= 0.6 is 70.1 Å². The molecule has 5 aromatic heterocycles. The van der Waals surface area contributed by atoms with Crippen LogP contribution < -0.4 is 4.90 Å². The highest BCUT2D eigenvalue weighted by Gasteiger charge is 2.20. The van der Waals surface area contributed by atoms with E-state index >= 15 is 0 Å². The highest BCUT2D eigenvalue weighted by Crippen LogP contribution is 2.38. The normalized spacial score (nSPS) is 12.5. The number of hydrogen-bond acceptors (Lipinski definition) is 7. The minimum atomic E-state index is 0.420. The molecule has 1 aliphatic rings. The van der Waals surface area contributed by atoms with Gasteiger partial charge in [-0.05, 0) is 167 Å². The first-order valence-corrected chi connectivity index (χ1v) is 32.7. The molecule has 11 rings (SSSR count). The molecule has 1 fully saturated rings. The van der Waals surface area contributed by atoms with Crippen molar-refractivity contribution in [2.45, 2.75) is 126 Å². The van der Waals surface area contributed by atoms with Gasteiger partial charge in [0.25, 0.3) is 0 Å². The summed E-state index contributed by atoms with van der Waals surface area (Å²) in [6, 6.07) is 41.6. The third-order valence-corrected chi connectivity index (χ3v) is 18.0. The van der Waals surface area contributed by atoms with Gasteiger partial charge in [-0.1, -0.05) is 76.4 Å². The lowest BCUT2D eigenvalue weighted by atomic mass is 10.2. The second kappa shape index (κ2) is 31.9. The van der Waals surface area contributed by atoms with Gasteiger partial charge in [-0.15, -0.1) is 23.5 Å². The Balaban J connectivity index is 0.000000152. The predicted octanol–water partition coefficient (Wildman–Crippen LogP) is 20.3. The highest BCUT2D eigenvalue weighted by atomic mass is 35.5. The minimum absolute atomic E-state index is 0.420. The van der Waals surface area contributed by atoms with Crippen molar-refractivity contribution in [3.05, 3.63) is 196 Å². The van der Waals surface area contributed by atoms with Crippen LogP contribution in [0.3, 0.4) is 0 Å². The molecule has 10 aromatic rings. The van der Waals surface area contributed by atoms with E-state index in [1.165, 1.54) is 68.8 Å². The number of hydrogen-bond donors (Lipinski definition) is 0. The molecule has 6 heterocycles. The first-order chi connectivity index (χ1) is 40.4. The fraction of sp³-hybridized carbons (Fsp3) is 0.353. The standard InChI is InChI=1S/C17H16ClNS.C15H18N2S.C14H15ClN2S.C11H12ClN.C11H18N4/c1-12(2)19-11-17(20-14-6-4-3-5-7-14)15-10-13(18)8-9-16(15)19;1-11(2)17-10-15(18-8-7-16-4)13-9-12(3)5-6-14(13)17;1-10(2)17-9-14(18-7-6-16-3)12-8-11(15)4-5-13(12)17;1-8(2)13-6-5-9-7-10(12)3-4-11(9)13;1-10(2)14-6-8-15(9-7-14)11-12-4-3-5-13-11/h3-12H,1-2H3;5-6,9-11H,7-8H2,1-3H3;4-5,8-10H,6-7H2,1-2H3;3-8H,1-2H3;3-5,10H,6-9H2,1-2H3. The molecule has 0 aliphatic carbocycles. The maximum atomic E-state index is 6.85. The summed E-state index contributed by atoms with van der Waals surface area (Å²) in [6.07, 6.45) is 12.3. The van der Waals surface area contributed by atoms with Crippen LogP contribution in [0.2, 0.25) is 15.1 Å². The zero-order valence-corrected chi connectivity index (χ0v) is 55.0. The van der Waals surface area contributed by atoms with Crippen molar-refractivity contribution < 1.29 is 0 Å². The monoisotopic (exact) mass is 1240 g/mol. The molecule has 0 amide bonds. The van der Waals surface area contributed by atoms with Crippen LogP contribution in [0.1, 0.15) is 99.0 Å². The van der Waals surface area contributed by atoms with Gasteiger partial charge in [0.05, 0.1) is 11.5 Å².